The van der Waals surface area contributed by atoms with Crippen LogP contribution in [0.2, 0.25) is 0 Å². The lowest BCUT2D eigenvalue weighted by molar-refractivity contribution is 0.157. The largest absolute Gasteiger partial charge is 0.491 e. The Kier molecular flexibility index (Phi) is 7.23. The maximum atomic E-state index is 5.66. The average molecular weight is 263 g/mol. The quantitative estimate of drug-likeness (QED) is 0.548. The van der Waals surface area contributed by atoms with Crippen LogP contribution < -0.4 is 10.1 Å². The molecule has 3 nitrogen and oxygen atoms in total. The van der Waals surface area contributed by atoms with Gasteiger partial charge in [-0.05, 0) is 38.5 Å². The number of hydrogen-bond donors (Lipinski definition) is 1. The van der Waals surface area contributed by atoms with E-state index in [4.69, 9.17) is 9.47 Å². The molecule has 0 saturated heterocycles. The van der Waals surface area contributed by atoms with Gasteiger partial charge in [-0.1, -0.05) is 24.3 Å². The summed E-state index contributed by atoms with van der Waals surface area (Å²) in [5.41, 5.74) is 2.27. The normalized spacial score (nSPS) is 10.7. The highest BCUT2D eigenvalue weighted by Gasteiger charge is 1.99. The Morgan fingerprint density at radius 3 is 2.84 bits per heavy atom. The van der Waals surface area contributed by atoms with Crippen LogP contribution in [0.4, 0.5) is 0 Å². The van der Waals surface area contributed by atoms with Crippen molar-refractivity contribution in [2.45, 2.75) is 33.4 Å². The molecule has 0 spiro atoms. The predicted octanol–water partition coefficient (Wildman–Crippen LogP) is 3.16. The maximum absolute atomic E-state index is 5.66. The first kappa shape index (κ1) is 15.7. The first-order valence-corrected chi connectivity index (χ1v) is 6.76. The fourth-order valence-corrected chi connectivity index (χ4v) is 1.62. The molecule has 0 radical (unpaired) electrons. The van der Waals surface area contributed by atoms with E-state index in [0.717, 1.165) is 24.4 Å². The van der Waals surface area contributed by atoms with Gasteiger partial charge in [0.15, 0.2) is 0 Å². The Balaban J connectivity index is 2.23. The molecular formula is C16H25NO2. The summed E-state index contributed by atoms with van der Waals surface area (Å²) in [5, 5.41) is 3.35. The molecule has 0 aliphatic heterocycles. The first-order chi connectivity index (χ1) is 9.08. The highest BCUT2D eigenvalue weighted by atomic mass is 16.5. The number of nitrogens with one attached hydrogen (secondary N) is 1. The van der Waals surface area contributed by atoms with E-state index in [1.807, 2.05) is 32.9 Å². The molecule has 0 unspecified atom stereocenters. The van der Waals surface area contributed by atoms with Crippen LogP contribution in [0, 0.1) is 0 Å². The number of ether oxygens (including phenoxy) is 2. The lowest BCUT2D eigenvalue weighted by atomic mass is 10.2. The highest BCUT2D eigenvalue weighted by Crippen LogP contribution is 2.14. The molecular weight excluding hydrogens is 238 g/mol. The zero-order valence-corrected chi connectivity index (χ0v) is 12.2. The van der Waals surface area contributed by atoms with E-state index >= 15 is 0 Å². The van der Waals surface area contributed by atoms with Crippen LogP contribution in [0.15, 0.2) is 36.4 Å². The van der Waals surface area contributed by atoms with Crippen LogP contribution in [0.25, 0.3) is 0 Å². The van der Waals surface area contributed by atoms with Crippen molar-refractivity contribution in [2.24, 2.45) is 0 Å². The second-order valence-electron chi connectivity index (χ2n) is 5.00. The van der Waals surface area contributed by atoms with Crippen molar-refractivity contribution in [1.82, 2.24) is 5.32 Å². The first-order valence-electron chi connectivity index (χ1n) is 6.76. The van der Waals surface area contributed by atoms with Crippen molar-refractivity contribution >= 4 is 0 Å². The molecule has 106 valence electrons. The lowest BCUT2D eigenvalue weighted by Gasteiger charge is -2.11. The van der Waals surface area contributed by atoms with Crippen molar-refractivity contribution in [3.05, 3.63) is 42.0 Å². The smallest absolute Gasteiger partial charge is 0.120 e. The van der Waals surface area contributed by atoms with E-state index in [1.165, 1.54) is 5.56 Å². The van der Waals surface area contributed by atoms with E-state index < -0.39 is 0 Å². The summed E-state index contributed by atoms with van der Waals surface area (Å²) < 4.78 is 11.1. The van der Waals surface area contributed by atoms with E-state index in [2.05, 4.69) is 24.0 Å². The molecule has 0 fully saturated rings. The SMILES string of the molecule is C=C(C)COCCNCc1cccc(OC(C)C)c1. The van der Waals surface area contributed by atoms with Crippen LogP contribution in [0.3, 0.4) is 0 Å². The second kappa shape index (κ2) is 8.73. The summed E-state index contributed by atoms with van der Waals surface area (Å²) in [7, 11) is 0. The molecule has 1 N–H and O–H groups in total. The van der Waals surface area contributed by atoms with Gasteiger partial charge in [0.25, 0.3) is 0 Å². The minimum absolute atomic E-state index is 0.207. The van der Waals surface area contributed by atoms with Crippen LogP contribution in [-0.4, -0.2) is 25.9 Å². The van der Waals surface area contributed by atoms with Gasteiger partial charge in [-0.15, -0.1) is 0 Å². The molecule has 1 rings (SSSR count). The Morgan fingerprint density at radius 2 is 2.16 bits per heavy atom. The summed E-state index contributed by atoms with van der Waals surface area (Å²) in [6, 6.07) is 8.17. The molecule has 0 heterocycles. The molecule has 0 amide bonds. The number of rotatable bonds is 9. The van der Waals surface area contributed by atoms with E-state index in [1.54, 1.807) is 0 Å². The van der Waals surface area contributed by atoms with Gasteiger partial charge in [0.2, 0.25) is 0 Å². The van der Waals surface area contributed by atoms with Gasteiger partial charge in [-0.25, -0.2) is 0 Å². The Bertz CT molecular complexity index is 388. The predicted molar refractivity (Wildman–Crippen MR) is 79.5 cm³/mol. The Morgan fingerprint density at radius 1 is 1.37 bits per heavy atom. The fraction of sp³-hybridized carbons (Fsp3) is 0.500. The van der Waals surface area contributed by atoms with Crippen molar-refractivity contribution in [2.75, 3.05) is 19.8 Å². The van der Waals surface area contributed by atoms with Crippen LogP contribution in [0.1, 0.15) is 26.3 Å². The van der Waals surface area contributed by atoms with Gasteiger partial charge < -0.3 is 14.8 Å². The second-order valence-corrected chi connectivity index (χ2v) is 5.00. The van der Waals surface area contributed by atoms with Crippen molar-refractivity contribution in [1.29, 1.82) is 0 Å². The van der Waals surface area contributed by atoms with Crippen LogP contribution in [0.5, 0.6) is 5.75 Å². The Labute approximate surface area is 116 Å². The van der Waals surface area contributed by atoms with Gasteiger partial charge in [0, 0.05) is 13.1 Å². The molecule has 0 aromatic heterocycles. The standard InChI is InChI=1S/C16H25NO2/c1-13(2)12-18-9-8-17-11-15-6-5-7-16(10-15)19-14(3)4/h5-7,10,14,17H,1,8-9,11-12H2,2-4H3. The summed E-state index contributed by atoms with van der Waals surface area (Å²) in [6.07, 6.45) is 0.207. The summed E-state index contributed by atoms with van der Waals surface area (Å²) in [6.45, 7) is 12.8. The minimum atomic E-state index is 0.207. The van der Waals surface area contributed by atoms with Gasteiger partial charge in [-0.3, -0.25) is 0 Å². The maximum Gasteiger partial charge on any atom is 0.120 e. The molecule has 1 aromatic rings. The van der Waals surface area contributed by atoms with Crippen LogP contribution >= 0.6 is 0 Å². The van der Waals surface area contributed by atoms with Gasteiger partial charge in [-0.2, -0.15) is 0 Å². The summed E-state index contributed by atoms with van der Waals surface area (Å²) in [5.74, 6) is 0.924. The molecule has 0 saturated carbocycles. The highest BCUT2D eigenvalue weighted by molar-refractivity contribution is 5.28. The van der Waals surface area contributed by atoms with Gasteiger partial charge >= 0.3 is 0 Å². The third-order valence-electron chi connectivity index (χ3n) is 2.37. The number of benzene rings is 1. The Hall–Kier alpha value is -1.32. The molecule has 3 heteroatoms. The fourth-order valence-electron chi connectivity index (χ4n) is 1.62. The summed E-state index contributed by atoms with van der Waals surface area (Å²) in [4.78, 5) is 0. The van der Waals surface area contributed by atoms with E-state index in [-0.39, 0.29) is 6.10 Å². The third-order valence-corrected chi connectivity index (χ3v) is 2.37. The van der Waals surface area contributed by atoms with Crippen molar-refractivity contribution < 1.29 is 9.47 Å². The van der Waals surface area contributed by atoms with Crippen LogP contribution in [-0.2, 0) is 11.3 Å². The van der Waals surface area contributed by atoms with Crippen molar-refractivity contribution in [3.8, 4) is 5.75 Å². The zero-order valence-electron chi connectivity index (χ0n) is 12.2. The van der Waals surface area contributed by atoms with Gasteiger partial charge in [0.05, 0.1) is 19.3 Å². The zero-order chi connectivity index (χ0) is 14.1. The van der Waals surface area contributed by atoms with E-state index in [0.29, 0.717) is 13.2 Å². The van der Waals surface area contributed by atoms with E-state index in [9.17, 15) is 0 Å². The molecule has 0 aliphatic carbocycles. The summed E-state index contributed by atoms with van der Waals surface area (Å²) >= 11 is 0. The topological polar surface area (TPSA) is 30.5 Å². The third kappa shape index (κ3) is 7.65. The molecule has 19 heavy (non-hydrogen) atoms. The molecule has 0 aliphatic rings. The minimum Gasteiger partial charge on any atom is -0.491 e. The lowest BCUT2D eigenvalue weighted by Crippen LogP contribution is -2.19. The number of hydrogen-bond acceptors (Lipinski definition) is 3. The van der Waals surface area contributed by atoms with Crippen molar-refractivity contribution in [3.63, 3.8) is 0 Å². The molecule has 0 bridgehead atoms. The monoisotopic (exact) mass is 263 g/mol. The van der Waals surface area contributed by atoms with Gasteiger partial charge in [0.1, 0.15) is 5.75 Å². The average Bonchev–Trinajstić information content (AvgIpc) is 2.33. The molecule has 1 aromatic carbocycles. The molecule has 0 atom stereocenters.